The zero-order valence-electron chi connectivity index (χ0n) is 7.85. The molecule has 3 nitrogen and oxygen atoms in total. The van der Waals surface area contributed by atoms with Crippen molar-refractivity contribution in [1.82, 2.24) is 0 Å². The van der Waals surface area contributed by atoms with Crippen molar-refractivity contribution in [3.8, 4) is 0 Å². The van der Waals surface area contributed by atoms with E-state index in [-0.39, 0.29) is 5.25 Å². The van der Waals surface area contributed by atoms with Crippen molar-refractivity contribution in [3.05, 3.63) is 0 Å². The Balaban J connectivity index is 3.85. The monoisotopic (exact) mass is 259 g/mol. The number of hydrogen-bond donors (Lipinski definition) is 3. The molecule has 0 spiro atoms. The molecule has 1 atom stereocenters. The predicted molar refractivity (Wildman–Crippen MR) is 64.9 cm³/mol. The summed E-state index contributed by atoms with van der Waals surface area (Å²) < 4.78 is 14.6. The van der Waals surface area contributed by atoms with Gasteiger partial charge in [0.2, 0.25) is 0 Å². The van der Waals surface area contributed by atoms with E-state index >= 15 is 0 Å². The first-order valence-corrected chi connectivity index (χ1v) is 6.28. The Bertz CT molecular complexity index is 141. The van der Waals surface area contributed by atoms with Crippen LogP contribution < -0.4 is 0 Å². The standard InChI is InChI=1S/C6H15O3S3Si/c1-5(10)6(11,12)4-9-13(7-2)8-3/h5,10-12H,4H2,1-3H3. The number of thiol groups is 3. The van der Waals surface area contributed by atoms with E-state index in [0.717, 1.165) is 0 Å². The third-order valence-electron chi connectivity index (χ3n) is 1.40. The highest BCUT2D eigenvalue weighted by Crippen LogP contribution is 2.28. The summed E-state index contributed by atoms with van der Waals surface area (Å²) in [4.78, 5) is 0. The quantitative estimate of drug-likeness (QED) is 0.380. The van der Waals surface area contributed by atoms with Crippen LogP contribution in [0.5, 0.6) is 0 Å². The highest BCUT2D eigenvalue weighted by molar-refractivity contribution is 8.02. The Hall–Kier alpha value is 1.15. The molecule has 0 aliphatic carbocycles. The second-order valence-electron chi connectivity index (χ2n) is 2.50. The molecule has 1 unspecified atom stereocenters. The van der Waals surface area contributed by atoms with Crippen LogP contribution in [0.1, 0.15) is 6.92 Å². The van der Waals surface area contributed by atoms with Gasteiger partial charge in [0.25, 0.3) is 0 Å². The summed E-state index contributed by atoms with van der Waals surface area (Å²) >= 11 is 12.8. The molecule has 13 heavy (non-hydrogen) atoms. The predicted octanol–water partition coefficient (Wildman–Crippen LogP) is 1.15. The second-order valence-corrected chi connectivity index (χ2v) is 6.83. The summed E-state index contributed by atoms with van der Waals surface area (Å²) in [5.41, 5.74) is 0. The summed E-state index contributed by atoms with van der Waals surface area (Å²) in [7, 11) is 1.46. The van der Waals surface area contributed by atoms with Crippen LogP contribution in [0, 0.1) is 0 Å². The van der Waals surface area contributed by atoms with E-state index in [1.165, 1.54) is 0 Å². The molecule has 0 amide bonds. The van der Waals surface area contributed by atoms with Gasteiger partial charge < -0.3 is 13.3 Å². The van der Waals surface area contributed by atoms with Gasteiger partial charge in [0.15, 0.2) is 0 Å². The molecule has 0 fully saturated rings. The van der Waals surface area contributed by atoms with Gasteiger partial charge in [-0.1, -0.05) is 6.92 Å². The lowest BCUT2D eigenvalue weighted by molar-refractivity contribution is 0.133. The molecule has 0 rings (SSSR count). The molecule has 1 radical (unpaired) electrons. The van der Waals surface area contributed by atoms with Crippen LogP contribution >= 0.6 is 37.9 Å². The first-order chi connectivity index (χ1) is 5.94. The van der Waals surface area contributed by atoms with E-state index < -0.39 is 13.6 Å². The van der Waals surface area contributed by atoms with Gasteiger partial charge in [-0.15, -0.1) is 0 Å². The fraction of sp³-hybridized carbons (Fsp3) is 1.00. The third-order valence-corrected chi connectivity index (χ3v) is 4.33. The summed E-state index contributed by atoms with van der Waals surface area (Å²) in [6.07, 6.45) is 0. The molecule has 0 aliphatic rings. The molecule has 0 aromatic rings. The lowest BCUT2D eigenvalue weighted by Crippen LogP contribution is -2.35. The number of rotatable bonds is 6. The molecule has 0 saturated carbocycles. The minimum Gasteiger partial charge on any atom is -0.375 e. The normalized spacial score (nSPS) is 15.0. The van der Waals surface area contributed by atoms with E-state index in [2.05, 4.69) is 37.9 Å². The smallest absolute Gasteiger partial charge is 0.375 e. The van der Waals surface area contributed by atoms with Crippen molar-refractivity contribution in [1.29, 1.82) is 0 Å². The van der Waals surface area contributed by atoms with Crippen LogP contribution in [0.2, 0.25) is 0 Å². The van der Waals surface area contributed by atoms with Gasteiger partial charge in [-0.05, 0) is 0 Å². The lowest BCUT2D eigenvalue weighted by atomic mass is 10.3. The van der Waals surface area contributed by atoms with E-state index in [0.29, 0.717) is 6.61 Å². The van der Waals surface area contributed by atoms with Gasteiger partial charge in [0.05, 0.1) is 10.7 Å². The molecule has 0 N–H and O–H groups in total. The molecule has 0 aromatic carbocycles. The Kier molecular flexibility index (Phi) is 7.18. The van der Waals surface area contributed by atoms with Crippen LogP contribution in [0.4, 0.5) is 0 Å². The van der Waals surface area contributed by atoms with Gasteiger partial charge in [-0.3, -0.25) is 0 Å². The molecule has 0 bridgehead atoms. The molecular weight excluding hydrogens is 244 g/mol. The third kappa shape index (κ3) is 5.56. The van der Waals surface area contributed by atoms with Crippen LogP contribution in [-0.2, 0) is 13.3 Å². The van der Waals surface area contributed by atoms with Crippen molar-refractivity contribution in [2.45, 2.75) is 16.3 Å². The Labute approximate surface area is 97.7 Å². The molecule has 79 valence electrons. The van der Waals surface area contributed by atoms with E-state index in [9.17, 15) is 0 Å². The minimum atomic E-state index is -1.62. The van der Waals surface area contributed by atoms with Crippen LogP contribution in [0.3, 0.4) is 0 Å². The average Bonchev–Trinajstić information content (AvgIpc) is 2.06. The average molecular weight is 259 g/mol. The summed E-state index contributed by atoms with van der Waals surface area (Å²) in [5, 5.41) is 0.0103. The van der Waals surface area contributed by atoms with Gasteiger partial charge in [0.1, 0.15) is 0 Å². The van der Waals surface area contributed by atoms with Crippen molar-refractivity contribution in [3.63, 3.8) is 0 Å². The van der Waals surface area contributed by atoms with E-state index in [1.807, 2.05) is 6.92 Å². The maximum absolute atomic E-state index is 5.32. The zero-order valence-corrected chi connectivity index (χ0v) is 11.5. The minimum absolute atomic E-state index is 0.0103. The van der Waals surface area contributed by atoms with Gasteiger partial charge in [-0.2, -0.15) is 37.9 Å². The van der Waals surface area contributed by atoms with Gasteiger partial charge >= 0.3 is 9.53 Å². The maximum atomic E-state index is 5.32. The summed E-state index contributed by atoms with van der Waals surface area (Å²) in [5.74, 6) is 0. The van der Waals surface area contributed by atoms with Gasteiger partial charge in [0, 0.05) is 19.5 Å². The zero-order chi connectivity index (χ0) is 10.5. The molecule has 7 heteroatoms. The fourth-order valence-electron chi connectivity index (χ4n) is 0.487. The lowest BCUT2D eigenvalue weighted by Gasteiger charge is -2.26. The largest absolute Gasteiger partial charge is 0.577 e. The topological polar surface area (TPSA) is 27.7 Å². The first-order valence-electron chi connectivity index (χ1n) is 3.64. The molecule has 0 aliphatic heterocycles. The van der Waals surface area contributed by atoms with Crippen molar-refractivity contribution < 1.29 is 13.3 Å². The highest BCUT2D eigenvalue weighted by Gasteiger charge is 2.29. The molecule has 0 saturated heterocycles. The molecule has 0 aromatic heterocycles. The number of hydrogen-bond acceptors (Lipinski definition) is 6. The highest BCUT2D eigenvalue weighted by atomic mass is 32.2. The van der Waals surface area contributed by atoms with Crippen molar-refractivity contribution >= 4 is 47.4 Å². The molecule has 0 heterocycles. The van der Waals surface area contributed by atoms with Crippen molar-refractivity contribution in [2.75, 3.05) is 20.8 Å². The van der Waals surface area contributed by atoms with Crippen LogP contribution in [0.15, 0.2) is 0 Å². The van der Waals surface area contributed by atoms with Crippen LogP contribution in [0.25, 0.3) is 0 Å². The Morgan fingerprint density at radius 3 is 2.08 bits per heavy atom. The fourth-order valence-corrected chi connectivity index (χ4v) is 1.68. The molecular formula is C6H15O3S3Si. The van der Waals surface area contributed by atoms with Crippen molar-refractivity contribution in [2.24, 2.45) is 0 Å². The van der Waals surface area contributed by atoms with E-state index in [1.54, 1.807) is 14.2 Å². The maximum Gasteiger partial charge on any atom is 0.577 e. The SMILES string of the molecule is CO[Si](OC)OCC(S)(S)C(C)S. The summed E-state index contributed by atoms with van der Waals surface area (Å²) in [6.45, 7) is 2.23. The second kappa shape index (κ2) is 6.60. The Morgan fingerprint density at radius 2 is 1.77 bits per heavy atom. The Morgan fingerprint density at radius 1 is 1.31 bits per heavy atom. The summed E-state index contributed by atoms with van der Waals surface area (Å²) in [6, 6.07) is 0. The van der Waals surface area contributed by atoms with Crippen LogP contribution in [-0.4, -0.2) is 39.7 Å². The van der Waals surface area contributed by atoms with E-state index in [4.69, 9.17) is 13.3 Å². The van der Waals surface area contributed by atoms with Gasteiger partial charge in [-0.25, -0.2) is 0 Å². The first kappa shape index (κ1) is 14.1.